The topological polar surface area (TPSA) is 101 Å². The molecule has 1 aromatic carbocycles. The van der Waals surface area contributed by atoms with Crippen LogP contribution in [0.4, 0.5) is 5.82 Å². The van der Waals surface area contributed by atoms with E-state index in [1.807, 2.05) is 40.9 Å². The number of anilines is 1. The zero-order chi connectivity index (χ0) is 21.5. The van der Waals surface area contributed by atoms with Crippen LogP contribution in [0.3, 0.4) is 0 Å². The fourth-order valence-electron chi connectivity index (χ4n) is 4.09. The molecule has 0 atom stereocenters. The number of amides is 1. The van der Waals surface area contributed by atoms with Crippen molar-refractivity contribution in [2.75, 3.05) is 12.8 Å². The maximum Gasteiger partial charge on any atom is 0.246 e. The molecule has 8 heteroatoms. The highest BCUT2D eigenvalue weighted by Gasteiger charge is 2.21. The number of nitrogens with two attached hydrogens (primary N) is 1. The normalized spacial score (nSPS) is 14.4. The Balaban J connectivity index is 1.66. The highest BCUT2D eigenvalue weighted by Crippen LogP contribution is 2.35. The Morgan fingerprint density at radius 3 is 3.00 bits per heavy atom. The van der Waals surface area contributed by atoms with Gasteiger partial charge in [-0.25, -0.2) is 9.97 Å². The number of aromatic nitrogens is 4. The first-order valence-electron chi connectivity index (χ1n) is 10.1. The van der Waals surface area contributed by atoms with Gasteiger partial charge in [-0.3, -0.25) is 9.20 Å². The van der Waals surface area contributed by atoms with E-state index in [0.717, 1.165) is 57.6 Å². The quantitative estimate of drug-likeness (QED) is 0.447. The van der Waals surface area contributed by atoms with Crippen LogP contribution in [0.1, 0.15) is 25.1 Å². The van der Waals surface area contributed by atoms with Crippen LogP contribution in [0, 0.1) is 0 Å². The van der Waals surface area contributed by atoms with Crippen LogP contribution >= 0.6 is 11.6 Å². The van der Waals surface area contributed by atoms with Crippen molar-refractivity contribution in [2.24, 2.45) is 0 Å². The number of nitrogens with zero attached hydrogens (tertiary/aromatic N) is 3. The maximum absolute atomic E-state index is 12.1. The number of nitrogen functional groups attached to an aromatic ring is 1. The summed E-state index contributed by atoms with van der Waals surface area (Å²) >= 11 is 6.36. The van der Waals surface area contributed by atoms with Crippen LogP contribution in [-0.4, -0.2) is 32.3 Å². The van der Waals surface area contributed by atoms with E-state index in [4.69, 9.17) is 22.3 Å². The van der Waals surface area contributed by atoms with E-state index in [-0.39, 0.29) is 5.91 Å². The second-order valence-corrected chi connectivity index (χ2v) is 7.89. The molecule has 3 aromatic heterocycles. The number of likely N-dealkylation sites (N-methyl/N-ethyl adjacent to an activating group) is 1. The second kappa shape index (κ2) is 7.59. The van der Waals surface area contributed by atoms with Crippen molar-refractivity contribution >= 4 is 45.3 Å². The first-order chi connectivity index (χ1) is 15.1. The number of allylic oxidation sites excluding steroid dienone is 3. The van der Waals surface area contributed by atoms with Crippen molar-refractivity contribution in [1.82, 2.24) is 24.7 Å². The zero-order valence-electron chi connectivity index (χ0n) is 16.9. The fraction of sp³-hybridized carbons (Fsp3) is 0.174. The molecule has 7 nitrogen and oxygen atoms in total. The van der Waals surface area contributed by atoms with Gasteiger partial charge in [0.15, 0.2) is 0 Å². The Hall–Kier alpha value is -3.58. The molecule has 0 radical (unpaired) electrons. The lowest BCUT2D eigenvalue weighted by molar-refractivity contribution is -0.117. The molecule has 1 aliphatic carbocycles. The van der Waals surface area contributed by atoms with Crippen molar-refractivity contribution < 1.29 is 4.79 Å². The number of carbonyl (C=O) groups is 1. The number of benzene rings is 1. The third-order valence-electron chi connectivity index (χ3n) is 5.62. The predicted octanol–water partition coefficient (Wildman–Crippen LogP) is 4.35. The van der Waals surface area contributed by atoms with Gasteiger partial charge in [-0.1, -0.05) is 35.9 Å². The van der Waals surface area contributed by atoms with Gasteiger partial charge in [-0.2, -0.15) is 0 Å². The van der Waals surface area contributed by atoms with Crippen LogP contribution in [-0.2, 0) is 4.79 Å². The molecule has 3 heterocycles. The summed E-state index contributed by atoms with van der Waals surface area (Å²) in [7, 11) is 1.65. The van der Waals surface area contributed by atoms with E-state index >= 15 is 0 Å². The molecule has 0 saturated heterocycles. The number of H-pyrrole nitrogens is 1. The molecule has 4 N–H and O–H groups in total. The number of fused-ring (bicyclic) bond motifs is 2. The molecule has 0 unspecified atom stereocenters. The molecule has 1 aliphatic rings. The van der Waals surface area contributed by atoms with E-state index in [1.54, 1.807) is 13.2 Å². The van der Waals surface area contributed by atoms with Gasteiger partial charge >= 0.3 is 0 Å². The summed E-state index contributed by atoms with van der Waals surface area (Å²) in [5.74, 6) is 1.16. The number of hydrogen-bond donors (Lipinski definition) is 3. The lowest BCUT2D eigenvalue weighted by atomic mass is 10.1. The van der Waals surface area contributed by atoms with Crippen LogP contribution < -0.4 is 11.1 Å². The number of imidazole rings is 1. The number of nitrogens with one attached hydrogen (secondary N) is 2. The number of hydrogen-bond acceptors (Lipinski definition) is 4. The largest absolute Gasteiger partial charge is 0.382 e. The molecular formula is C23H21ClN6O. The van der Waals surface area contributed by atoms with Crippen molar-refractivity contribution in [2.45, 2.75) is 19.3 Å². The molecule has 4 aromatic rings. The SMILES string of the molecule is CNC(=O)C1=CCCC(c2nc(-c3cc4cccc(Cl)c4[nH]3)c3c(N)nccn23)=CC1. The summed E-state index contributed by atoms with van der Waals surface area (Å²) in [6.45, 7) is 0. The third-order valence-corrected chi connectivity index (χ3v) is 5.94. The van der Waals surface area contributed by atoms with Crippen LogP contribution in [0.5, 0.6) is 0 Å². The highest BCUT2D eigenvalue weighted by molar-refractivity contribution is 6.35. The first kappa shape index (κ1) is 19.4. The average molecular weight is 433 g/mol. The summed E-state index contributed by atoms with van der Waals surface area (Å²) in [6, 6.07) is 7.79. The summed E-state index contributed by atoms with van der Waals surface area (Å²) in [5, 5.41) is 4.35. The summed E-state index contributed by atoms with van der Waals surface area (Å²) in [4.78, 5) is 24.7. The smallest absolute Gasteiger partial charge is 0.246 e. The lowest BCUT2D eigenvalue weighted by Gasteiger charge is -2.05. The molecule has 5 rings (SSSR count). The van der Waals surface area contributed by atoms with Gasteiger partial charge in [0.2, 0.25) is 5.91 Å². The monoisotopic (exact) mass is 432 g/mol. The number of aromatic amines is 1. The van der Waals surface area contributed by atoms with Gasteiger partial charge in [0, 0.05) is 30.4 Å². The molecule has 0 spiro atoms. The Morgan fingerprint density at radius 2 is 2.19 bits per heavy atom. The number of halogens is 1. The number of carbonyl (C=O) groups excluding carboxylic acids is 1. The number of rotatable bonds is 3. The third kappa shape index (κ3) is 3.27. The maximum atomic E-state index is 12.1. The average Bonchev–Trinajstić information content (AvgIpc) is 3.29. The van der Waals surface area contributed by atoms with Gasteiger partial charge in [0.1, 0.15) is 22.9 Å². The number of para-hydroxylation sites is 1. The van der Waals surface area contributed by atoms with Crippen molar-refractivity contribution in [3.05, 3.63) is 65.2 Å². The highest BCUT2D eigenvalue weighted by atomic mass is 35.5. The zero-order valence-corrected chi connectivity index (χ0v) is 17.7. The van der Waals surface area contributed by atoms with Crippen molar-refractivity contribution in [1.29, 1.82) is 0 Å². The Morgan fingerprint density at radius 1 is 1.32 bits per heavy atom. The Bertz CT molecular complexity index is 1390. The molecule has 1 amide bonds. The lowest BCUT2D eigenvalue weighted by Crippen LogP contribution is -2.19. The van der Waals surface area contributed by atoms with E-state index in [9.17, 15) is 4.79 Å². The Kier molecular flexibility index (Phi) is 4.75. The predicted molar refractivity (Wildman–Crippen MR) is 124 cm³/mol. The minimum absolute atomic E-state index is 0.0467. The fourth-order valence-corrected chi connectivity index (χ4v) is 4.32. The van der Waals surface area contributed by atoms with Gasteiger partial charge in [0.25, 0.3) is 0 Å². The molecule has 156 valence electrons. The molecule has 0 saturated carbocycles. The molecule has 0 fully saturated rings. The standard InChI is InChI=1S/C23H21ClN6O/c1-26-23(31)14-5-2-4-13(8-9-14)22-29-19(20-21(25)27-10-11-30(20)22)17-12-15-6-3-7-16(24)18(15)28-17/h3,5-8,10-12,28H,2,4,9H2,1H3,(H2,25,27)(H,26,31). The van der Waals surface area contributed by atoms with Gasteiger partial charge in [0.05, 0.1) is 16.2 Å². The first-order valence-corrected chi connectivity index (χ1v) is 10.4. The van der Waals surface area contributed by atoms with Gasteiger partial charge in [-0.15, -0.1) is 0 Å². The van der Waals surface area contributed by atoms with Crippen molar-refractivity contribution in [3.63, 3.8) is 0 Å². The molecular weight excluding hydrogens is 412 g/mol. The van der Waals surface area contributed by atoms with Crippen LogP contribution in [0.15, 0.2) is 54.4 Å². The van der Waals surface area contributed by atoms with Gasteiger partial charge < -0.3 is 16.0 Å². The van der Waals surface area contributed by atoms with E-state index in [0.29, 0.717) is 17.3 Å². The minimum atomic E-state index is -0.0467. The van der Waals surface area contributed by atoms with Crippen LogP contribution in [0.25, 0.3) is 33.4 Å². The summed E-state index contributed by atoms with van der Waals surface area (Å²) in [6.07, 6.45) is 9.71. The molecule has 0 aliphatic heterocycles. The van der Waals surface area contributed by atoms with E-state index < -0.39 is 0 Å². The van der Waals surface area contributed by atoms with E-state index in [1.165, 1.54) is 0 Å². The van der Waals surface area contributed by atoms with E-state index in [2.05, 4.69) is 21.4 Å². The summed E-state index contributed by atoms with van der Waals surface area (Å²) in [5.41, 5.74) is 11.3. The van der Waals surface area contributed by atoms with Crippen molar-refractivity contribution in [3.8, 4) is 11.4 Å². The Labute approximate surface area is 183 Å². The van der Waals surface area contributed by atoms with Gasteiger partial charge in [-0.05, 0) is 37.0 Å². The second-order valence-electron chi connectivity index (χ2n) is 7.48. The molecule has 31 heavy (non-hydrogen) atoms. The van der Waals surface area contributed by atoms with Crippen LogP contribution in [0.2, 0.25) is 5.02 Å². The molecule has 0 bridgehead atoms. The summed E-state index contributed by atoms with van der Waals surface area (Å²) < 4.78 is 1.97. The minimum Gasteiger partial charge on any atom is -0.382 e.